The van der Waals surface area contributed by atoms with Gasteiger partial charge in [0.25, 0.3) is 0 Å². The molecule has 0 saturated carbocycles. The van der Waals surface area contributed by atoms with Crippen LogP contribution in [0.4, 0.5) is 8.78 Å². The minimum Gasteiger partial charge on any atom is -0.189 e. The quantitative estimate of drug-likeness (QED) is 0.668. The molecule has 0 atom stereocenters. The van der Waals surface area contributed by atoms with Gasteiger partial charge in [-0.2, -0.15) is 8.78 Å². The summed E-state index contributed by atoms with van der Waals surface area (Å²) in [5, 5.41) is -2.82. The molecule has 0 saturated heterocycles. The number of hydrogen-bond donors (Lipinski definition) is 0. The normalized spacial score (nSPS) is 11.2. The molecule has 0 heterocycles. The first-order valence-electron chi connectivity index (χ1n) is 3.83. The molecule has 0 bridgehead atoms. The lowest BCUT2D eigenvalue weighted by Gasteiger charge is -2.09. The highest BCUT2D eigenvalue weighted by Gasteiger charge is 2.23. The molecule has 1 aromatic carbocycles. The van der Waals surface area contributed by atoms with Crippen molar-refractivity contribution >= 4 is 11.8 Å². The van der Waals surface area contributed by atoms with E-state index in [2.05, 4.69) is 6.58 Å². The van der Waals surface area contributed by atoms with Crippen molar-refractivity contribution in [2.75, 3.05) is 0 Å². The predicted octanol–water partition coefficient (Wildman–Crippen LogP) is 3.70. The molecule has 3 heteroatoms. The lowest BCUT2D eigenvalue weighted by atomic mass is 10.2. The van der Waals surface area contributed by atoms with E-state index >= 15 is 0 Å². The molecule has 1 aromatic rings. The van der Waals surface area contributed by atoms with Crippen LogP contribution in [0.5, 0.6) is 0 Å². The first-order valence-corrected chi connectivity index (χ1v) is 4.82. The lowest BCUT2D eigenvalue weighted by Crippen LogP contribution is -2.04. The number of halogens is 2. The molecule has 70 valence electrons. The Kier molecular flexibility index (Phi) is 3.48. The summed E-state index contributed by atoms with van der Waals surface area (Å²) in [6.45, 7) is 3.07. The smallest absolute Gasteiger partial charge is 0.189 e. The predicted molar refractivity (Wildman–Crippen MR) is 52.9 cm³/mol. The molecule has 0 aliphatic heterocycles. The van der Waals surface area contributed by atoms with E-state index in [4.69, 9.17) is 0 Å². The Bertz CT molecular complexity index is 270. The molecule has 0 radical (unpaired) electrons. The molecule has 0 fully saturated rings. The first kappa shape index (κ1) is 10.3. The summed E-state index contributed by atoms with van der Waals surface area (Å²) in [7, 11) is 0. The van der Waals surface area contributed by atoms with Gasteiger partial charge in [0.15, 0.2) is 0 Å². The Morgan fingerprint density at radius 1 is 1.31 bits per heavy atom. The Morgan fingerprint density at radius 2 is 1.92 bits per heavy atom. The van der Waals surface area contributed by atoms with Gasteiger partial charge in [-0.1, -0.05) is 48.7 Å². The van der Waals surface area contributed by atoms with E-state index in [1.807, 2.05) is 30.3 Å². The first-order chi connectivity index (χ1) is 6.14. The number of benzene rings is 1. The molecule has 0 unspecified atom stereocenters. The molecule has 13 heavy (non-hydrogen) atoms. The van der Waals surface area contributed by atoms with Crippen LogP contribution in [0.25, 0.3) is 0 Å². The van der Waals surface area contributed by atoms with Crippen LogP contribution in [0.1, 0.15) is 5.56 Å². The van der Waals surface area contributed by atoms with Gasteiger partial charge < -0.3 is 0 Å². The van der Waals surface area contributed by atoms with Crippen molar-refractivity contribution in [1.29, 1.82) is 0 Å². The summed E-state index contributed by atoms with van der Waals surface area (Å²) in [6, 6.07) is 9.18. The standard InChI is InChI=1S/C10H10F2S/c1-2-10(11,12)13-8-9-6-4-3-5-7-9/h2-7H,1,8H2. The molecule has 0 aromatic heterocycles. The fourth-order valence-electron chi connectivity index (χ4n) is 0.813. The zero-order valence-electron chi connectivity index (χ0n) is 7.04. The van der Waals surface area contributed by atoms with Gasteiger partial charge in [-0.3, -0.25) is 0 Å². The van der Waals surface area contributed by atoms with Crippen LogP contribution in [-0.4, -0.2) is 5.25 Å². The molecule has 0 aliphatic carbocycles. The van der Waals surface area contributed by atoms with Gasteiger partial charge >= 0.3 is 5.25 Å². The minimum absolute atomic E-state index is 0.305. The second-order valence-corrected chi connectivity index (χ2v) is 3.66. The Labute approximate surface area is 80.7 Å². The highest BCUT2D eigenvalue weighted by Crippen LogP contribution is 2.32. The number of thioether (sulfide) groups is 1. The Hall–Kier alpha value is -0.830. The summed E-state index contributed by atoms with van der Waals surface area (Å²) in [4.78, 5) is 0. The van der Waals surface area contributed by atoms with E-state index < -0.39 is 5.25 Å². The minimum atomic E-state index is -2.82. The van der Waals surface area contributed by atoms with Crippen molar-refractivity contribution in [1.82, 2.24) is 0 Å². The van der Waals surface area contributed by atoms with E-state index in [9.17, 15) is 8.78 Å². The van der Waals surface area contributed by atoms with Crippen LogP contribution in [0.15, 0.2) is 43.0 Å². The third-order valence-electron chi connectivity index (χ3n) is 1.51. The van der Waals surface area contributed by atoms with Gasteiger partial charge in [0.2, 0.25) is 0 Å². The summed E-state index contributed by atoms with van der Waals surface area (Å²) >= 11 is 0.580. The van der Waals surface area contributed by atoms with Gasteiger partial charge in [0.1, 0.15) is 0 Å². The molecule has 0 amide bonds. The number of rotatable bonds is 4. The van der Waals surface area contributed by atoms with Crippen molar-refractivity contribution in [2.24, 2.45) is 0 Å². The van der Waals surface area contributed by atoms with Crippen molar-refractivity contribution in [3.05, 3.63) is 48.6 Å². The van der Waals surface area contributed by atoms with Gasteiger partial charge in [-0.05, 0) is 11.6 Å². The van der Waals surface area contributed by atoms with Gasteiger partial charge in [0, 0.05) is 5.75 Å². The molecule has 0 aliphatic rings. The molecule has 1 rings (SSSR count). The van der Waals surface area contributed by atoms with Crippen molar-refractivity contribution in [3.63, 3.8) is 0 Å². The maximum Gasteiger partial charge on any atom is 0.312 e. The van der Waals surface area contributed by atoms with Crippen LogP contribution >= 0.6 is 11.8 Å². The fourth-order valence-corrected chi connectivity index (χ4v) is 1.48. The Balaban J connectivity index is 2.48. The van der Waals surface area contributed by atoms with Crippen LogP contribution in [-0.2, 0) is 5.75 Å². The molecule has 0 spiro atoms. The molecule has 0 N–H and O–H groups in total. The highest BCUT2D eigenvalue weighted by atomic mass is 32.2. The van der Waals surface area contributed by atoms with Crippen LogP contribution in [0.2, 0.25) is 0 Å². The van der Waals surface area contributed by atoms with Crippen molar-refractivity contribution < 1.29 is 8.78 Å². The number of alkyl halides is 2. The zero-order chi connectivity index (χ0) is 9.73. The number of hydrogen-bond acceptors (Lipinski definition) is 1. The highest BCUT2D eigenvalue weighted by molar-refractivity contribution is 7.99. The van der Waals surface area contributed by atoms with Gasteiger partial charge in [0.05, 0.1) is 0 Å². The largest absolute Gasteiger partial charge is 0.312 e. The van der Waals surface area contributed by atoms with E-state index in [1.165, 1.54) is 0 Å². The van der Waals surface area contributed by atoms with E-state index in [1.54, 1.807) is 0 Å². The lowest BCUT2D eigenvalue weighted by molar-refractivity contribution is 0.163. The zero-order valence-corrected chi connectivity index (χ0v) is 7.86. The van der Waals surface area contributed by atoms with E-state index in [-0.39, 0.29) is 0 Å². The summed E-state index contributed by atoms with van der Waals surface area (Å²) in [6.07, 6.45) is 0.667. The van der Waals surface area contributed by atoms with E-state index in [0.717, 1.165) is 5.56 Å². The van der Waals surface area contributed by atoms with E-state index in [0.29, 0.717) is 23.6 Å². The third-order valence-corrected chi connectivity index (χ3v) is 2.54. The topological polar surface area (TPSA) is 0 Å². The molecular weight excluding hydrogens is 190 g/mol. The average molecular weight is 200 g/mol. The van der Waals surface area contributed by atoms with Gasteiger partial charge in [-0.15, -0.1) is 0 Å². The summed E-state index contributed by atoms with van der Waals surface area (Å²) < 4.78 is 25.4. The van der Waals surface area contributed by atoms with Crippen molar-refractivity contribution in [3.8, 4) is 0 Å². The molecular formula is C10H10F2S. The van der Waals surface area contributed by atoms with Crippen LogP contribution in [0.3, 0.4) is 0 Å². The summed E-state index contributed by atoms with van der Waals surface area (Å²) in [5.41, 5.74) is 0.897. The van der Waals surface area contributed by atoms with Gasteiger partial charge in [-0.25, -0.2) is 0 Å². The second kappa shape index (κ2) is 4.42. The van der Waals surface area contributed by atoms with Crippen molar-refractivity contribution in [2.45, 2.75) is 11.0 Å². The maximum absolute atomic E-state index is 12.7. The monoisotopic (exact) mass is 200 g/mol. The second-order valence-electron chi connectivity index (χ2n) is 2.54. The average Bonchev–Trinajstić information content (AvgIpc) is 2.17. The summed E-state index contributed by atoms with van der Waals surface area (Å²) in [5.74, 6) is 0.305. The third kappa shape index (κ3) is 3.59. The molecule has 0 nitrogen and oxygen atoms in total. The van der Waals surface area contributed by atoms with Crippen LogP contribution < -0.4 is 0 Å². The Morgan fingerprint density at radius 3 is 2.46 bits per heavy atom. The fraction of sp³-hybridized carbons (Fsp3) is 0.200. The maximum atomic E-state index is 12.7. The SMILES string of the molecule is C=CC(F)(F)SCc1ccccc1. The van der Waals surface area contributed by atoms with Crippen LogP contribution in [0, 0.1) is 0 Å².